The monoisotopic (exact) mass is 498 g/mol. The van der Waals surface area contributed by atoms with Crippen molar-refractivity contribution in [2.24, 2.45) is 28.6 Å². The van der Waals surface area contributed by atoms with Crippen molar-refractivity contribution in [2.75, 3.05) is 0 Å². The lowest BCUT2D eigenvalue weighted by Crippen LogP contribution is -2.69. The van der Waals surface area contributed by atoms with Crippen LogP contribution in [0.5, 0.6) is 0 Å². The normalized spacial score (nSPS) is 47.5. The minimum Gasteiger partial charge on any atom is -0.390 e. The van der Waals surface area contributed by atoms with E-state index in [0.29, 0.717) is 19.3 Å². The number of fused-ring (bicyclic) bond motifs is 5. The van der Waals surface area contributed by atoms with Gasteiger partial charge in [-0.25, -0.2) is 4.39 Å². The zero-order valence-corrected chi connectivity index (χ0v) is 20.8. The lowest BCUT2D eigenvalue weighted by Gasteiger charge is -2.62. The van der Waals surface area contributed by atoms with Crippen LogP contribution in [-0.2, 0) is 9.59 Å². The molecular formula is C23H34Cl3FO4. The van der Waals surface area contributed by atoms with Crippen molar-refractivity contribution in [3.8, 4) is 0 Å². The molecule has 0 bridgehead atoms. The van der Waals surface area contributed by atoms with Gasteiger partial charge in [-0.2, -0.15) is 0 Å². The van der Waals surface area contributed by atoms with Crippen LogP contribution in [0.2, 0.25) is 0 Å². The van der Waals surface area contributed by atoms with Crippen molar-refractivity contribution in [3.05, 3.63) is 23.8 Å². The SMILES string of the molecule is CCC(=O)[C@@]1(O)[C@H](C)CC2C3CCC4=CC(=O)C=CC4(C)[C@@]3(F)C(O)CC21C.Cl.Cl.Cl. The summed E-state index contributed by atoms with van der Waals surface area (Å²) in [6.45, 7) is 7.26. The van der Waals surface area contributed by atoms with Gasteiger partial charge in [0.25, 0.3) is 0 Å². The summed E-state index contributed by atoms with van der Waals surface area (Å²) in [5.74, 6) is -1.29. The van der Waals surface area contributed by atoms with E-state index in [4.69, 9.17) is 0 Å². The number of ketones is 2. The van der Waals surface area contributed by atoms with Crippen LogP contribution in [0.25, 0.3) is 0 Å². The second kappa shape index (κ2) is 8.72. The Morgan fingerprint density at radius 3 is 2.42 bits per heavy atom. The van der Waals surface area contributed by atoms with Gasteiger partial charge in [0.1, 0.15) is 5.60 Å². The Morgan fingerprint density at radius 2 is 1.84 bits per heavy atom. The summed E-state index contributed by atoms with van der Waals surface area (Å²) in [5, 5.41) is 22.7. The number of allylic oxidation sites excluding steroid dienone is 4. The summed E-state index contributed by atoms with van der Waals surface area (Å²) in [4.78, 5) is 24.7. The molecule has 31 heavy (non-hydrogen) atoms. The van der Waals surface area contributed by atoms with Crippen LogP contribution in [0.3, 0.4) is 0 Å². The molecule has 8 atom stereocenters. The Bertz CT molecular complexity index is 817. The fourth-order valence-electron chi connectivity index (χ4n) is 7.41. The molecular weight excluding hydrogens is 466 g/mol. The number of hydrogen-bond donors (Lipinski definition) is 2. The zero-order chi connectivity index (χ0) is 20.7. The smallest absolute Gasteiger partial charge is 0.178 e. The molecule has 2 N–H and O–H groups in total. The fraction of sp³-hybridized carbons (Fsp3) is 0.739. The van der Waals surface area contributed by atoms with Gasteiger partial charge in [0, 0.05) is 23.2 Å². The minimum absolute atomic E-state index is 0. The van der Waals surface area contributed by atoms with Crippen LogP contribution in [0.4, 0.5) is 4.39 Å². The van der Waals surface area contributed by atoms with Crippen molar-refractivity contribution in [2.45, 2.75) is 77.2 Å². The zero-order valence-electron chi connectivity index (χ0n) is 18.4. The Balaban J connectivity index is 0.00000160. The second-order valence-corrected chi connectivity index (χ2v) is 9.94. The van der Waals surface area contributed by atoms with Gasteiger partial charge in [-0.3, -0.25) is 9.59 Å². The quantitative estimate of drug-likeness (QED) is 0.583. The first-order valence-corrected chi connectivity index (χ1v) is 10.5. The maximum atomic E-state index is 16.9. The molecule has 178 valence electrons. The lowest BCUT2D eigenvalue weighted by atomic mass is 9.44. The molecule has 3 saturated carbocycles. The van der Waals surface area contributed by atoms with Crippen LogP contribution in [0.1, 0.15) is 59.8 Å². The molecule has 5 unspecified atom stereocenters. The number of rotatable bonds is 2. The molecule has 3 fully saturated rings. The molecule has 4 nitrogen and oxygen atoms in total. The molecule has 0 spiro atoms. The van der Waals surface area contributed by atoms with Crippen LogP contribution < -0.4 is 0 Å². The molecule has 0 amide bonds. The lowest BCUT2D eigenvalue weighted by molar-refractivity contribution is -0.218. The summed E-state index contributed by atoms with van der Waals surface area (Å²) < 4.78 is 16.9. The molecule has 4 aliphatic carbocycles. The van der Waals surface area contributed by atoms with Gasteiger partial charge < -0.3 is 10.2 Å². The van der Waals surface area contributed by atoms with Crippen molar-refractivity contribution < 1.29 is 24.2 Å². The Hall–Kier alpha value is -0.460. The average molecular weight is 500 g/mol. The first kappa shape index (κ1) is 28.6. The highest BCUT2D eigenvalue weighted by Crippen LogP contribution is 2.70. The van der Waals surface area contributed by atoms with Crippen LogP contribution >= 0.6 is 37.2 Å². The van der Waals surface area contributed by atoms with Gasteiger partial charge in [0.15, 0.2) is 17.2 Å². The van der Waals surface area contributed by atoms with E-state index >= 15 is 4.39 Å². The maximum Gasteiger partial charge on any atom is 0.178 e. The third-order valence-electron chi connectivity index (χ3n) is 8.97. The summed E-state index contributed by atoms with van der Waals surface area (Å²) in [6, 6.07) is 0. The molecule has 0 aromatic carbocycles. The number of halogens is 4. The van der Waals surface area contributed by atoms with Crippen LogP contribution in [0, 0.1) is 28.6 Å². The molecule has 4 rings (SSSR count). The van der Waals surface area contributed by atoms with Crippen molar-refractivity contribution >= 4 is 48.8 Å². The molecule has 0 heterocycles. The standard InChI is InChI=1S/C23H31FO4.3ClH/c1-5-18(26)23(28)13(2)10-17-16-7-6-14-11-15(25)8-9-20(14,3)22(16,24)19(27)12-21(17,23)4;;;/h8-9,11,13,16-17,19,27-28H,5-7,10,12H2,1-4H3;3*1H/t13-,16?,17?,19?,20?,21?,22+,23+;;;/m1.../s1. The predicted octanol–water partition coefficient (Wildman–Crippen LogP) is 4.58. The first-order valence-electron chi connectivity index (χ1n) is 10.5. The summed E-state index contributed by atoms with van der Waals surface area (Å²) in [6.07, 6.45) is 5.18. The van der Waals surface area contributed by atoms with Gasteiger partial charge in [-0.1, -0.05) is 32.4 Å². The van der Waals surface area contributed by atoms with Gasteiger partial charge >= 0.3 is 0 Å². The van der Waals surface area contributed by atoms with E-state index in [1.165, 1.54) is 12.2 Å². The van der Waals surface area contributed by atoms with Crippen molar-refractivity contribution in [1.29, 1.82) is 0 Å². The Labute approximate surface area is 202 Å². The van der Waals surface area contributed by atoms with Crippen LogP contribution in [-0.4, -0.2) is 39.2 Å². The average Bonchev–Trinajstić information content (AvgIpc) is 2.84. The van der Waals surface area contributed by atoms with E-state index in [-0.39, 0.29) is 73.5 Å². The Kier molecular flexibility index (Phi) is 8.03. The number of carbonyl (C=O) groups is 2. The fourth-order valence-corrected chi connectivity index (χ4v) is 7.41. The number of alkyl halides is 1. The number of hydrogen-bond acceptors (Lipinski definition) is 4. The minimum atomic E-state index is -1.92. The van der Waals surface area contributed by atoms with Gasteiger partial charge in [-0.15, -0.1) is 37.2 Å². The first-order chi connectivity index (χ1) is 13.0. The highest BCUT2D eigenvalue weighted by atomic mass is 35.5. The number of carbonyl (C=O) groups excluding carboxylic acids is 2. The van der Waals surface area contributed by atoms with E-state index < -0.39 is 34.1 Å². The van der Waals surface area contributed by atoms with Gasteiger partial charge in [0.2, 0.25) is 0 Å². The number of Topliss-reactive ketones (excluding diaryl/α,β-unsaturated/α-hetero) is 1. The molecule has 0 saturated heterocycles. The van der Waals surface area contributed by atoms with Crippen molar-refractivity contribution in [3.63, 3.8) is 0 Å². The summed E-state index contributed by atoms with van der Waals surface area (Å²) in [7, 11) is 0. The molecule has 0 aliphatic heterocycles. The third kappa shape index (κ3) is 3.21. The summed E-state index contributed by atoms with van der Waals surface area (Å²) in [5.41, 5.74) is -4.61. The second-order valence-electron chi connectivity index (χ2n) is 9.94. The summed E-state index contributed by atoms with van der Waals surface area (Å²) >= 11 is 0. The molecule has 0 radical (unpaired) electrons. The topological polar surface area (TPSA) is 74.6 Å². The maximum absolute atomic E-state index is 16.9. The van der Waals surface area contributed by atoms with Gasteiger partial charge in [-0.05, 0) is 56.6 Å². The Morgan fingerprint density at radius 1 is 1.23 bits per heavy atom. The predicted molar refractivity (Wildman–Crippen MR) is 125 cm³/mol. The van der Waals surface area contributed by atoms with Gasteiger partial charge in [0.05, 0.1) is 6.10 Å². The third-order valence-corrected chi connectivity index (χ3v) is 8.97. The van der Waals surface area contributed by atoms with E-state index in [0.717, 1.165) is 5.57 Å². The molecule has 8 heteroatoms. The molecule has 0 aromatic heterocycles. The van der Waals surface area contributed by atoms with E-state index in [1.807, 2.05) is 13.8 Å². The number of aliphatic hydroxyl groups is 2. The highest BCUT2D eigenvalue weighted by Gasteiger charge is 2.75. The van der Waals surface area contributed by atoms with E-state index in [1.54, 1.807) is 19.9 Å². The molecule has 0 aromatic rings. The largest absolute Gasteiger partial charge is 0.390 e. The van der Waals surface area contributed by atoms with E-state index in [2.05, 4.69) is 0 Å². The van der Waals surface area contributed by atoms with Crippen molar-refractivity contribution in [1.82, 2.24) is 0 Å². The van der Waals surface area contributed by atoms with E-state index in [9.17, 15) is 19.8 Å². The van der Waals surface area contributed by atoms with Crippen LogP contribution in [0.15, 0.2) is 23.8 Å². The highest BCUT2D eigenvalue weighted by molar-refractivity contribution is 6.01. The molecule has 4 aliphatic rings. The number of aliphatic hydroxyl groups excluding tert-OH is 1.